The molecule has 0 atom stereocenters. The van der Waals surface area contributed by atoms with E-state index in [0.29, 0.717) is 0 Å². The zero-order valence-electron chi connectivity index (χ0n) is 9.11. The third kappa shape index (κ3) is 2.17. The number of rotatable bonds is 1. The van der Waals surface area contributed by atoms with E-state index in [4.69, 9.17) is 5.73 Å². The summed E-state index contributed by atoms with van der Waals surface area (Å²) in [5.41, 5.74) is 7.63. The van der Waals surface area contributed by atoms with Crippen LogP contribution in [-0.4, -0.2) is 18.2 Å². The lowest BCUT2D eigenvalue weighted by atomic mass is 9.98. The largest absolute Gasteiger partial charge is 0.508 e. The van der Waals surface area contributed by atoms with Crippen molar-refractivity contribution in [2.75, 3.05) is 23.7 Å². The van der Waals surface area contributed by atoms with Crippen molar-refractivity contribution in [1.82, 2.24) is 0 Å². The van der Waals surface area contributed by atoms with E-state index in [1.807, 2.05) is 0 Å². The summed E-state index contributed by atoms with van der Waals surface area (Å²) in [7, 11) is 0. The number of piperidine rings is 1. The molecule has 0 radical (unpaired) electrons. The van der Waals surface area contributed by atoms with Crippen molar-refractivity contribution in [2.45, 2.75) is 19.8 Å². The minimum absolute atomic E-state index is 0.290. The first-order valence-electron chi connectivity index (χ1n) is 5.50. The van der Waals surface area contributed by atoms with Crippen molar-refractivity contribution in [1.29, 1.82) is 0 Å². The van der Waals surface area contributed by atoms with E-state index in [2.05, 4.69) is 11.8 Å². The van der Waals surface area contributed by atoms with E-state index >= 15 is 0 Å². The molecule has 3 N–H and O–H groups in total. The van der Waals surface area contributed by atoms with Crippen LogP contribution >= 0.6 is 0 Å². The van der Waals surface area contributed by atoms with Gasteiger partial charge in [0.05, 0.1) is 11.4 Å². The van der Waals surface area contributed by atoms with Crippen LogP contribution in [0.15, 0.2) is 18.2 Å². The maximum atomic E-state index is 9.44. The molecule has 15 heavy (non-hydrogen) atoms. The van der Waals surface area contributed by atoms with Crippen molar-refractivity contribution >= 4 is 11.4 Å². The van der Waals surface area contributed by atoms with E-state index in [9.17, 15) is 5.11 Å². The Morgan fingerprint density at radius 3 is 2.67 bits per heavy atom. The molecular weight excluding hydrogens is 188 g/mol. The number of phenols is 1. The van der Waals surface area contributed by atoms with Crippen molar-refractivity contribution in [3.8, 4) is 5.75 Å². The zero-order valence-corrected chi connectivity index (χ0v) is 9.11. The van der Waals surface area contributed by atoms with Gasteiger partial charge in [-0.05, 0) is 30.9 Å². The molecule has 1 saturated heterocycles. The maximum absolute atomic E-state index is 9.44. The number of hydrogen-bond acceptors (Lipinski definition) is 3. The van der Waals surface area contributed by atoms with Crippen molar-refractivity contribution in [2.24, 2.45) is 5.92 Å². The molecule has 0 spiro atoms. The fourth-order valence-corrected chi connectivity index (χ4v) is 2.06. The monoisotopic (exact) mass is 206 g/mol. The summed E-state index contributed by atoms with van der Waals surface area (Å²) in [6, 6.07) is 5.15. The molecule has 0 saturated carbocycles. The maximum Gasteiger partial charge on any atom is 0.117 e. The summed E-state index contributed by atoms with van der Waals surface area (Å²) in [5, 5.41) is 9.44. The Kier molecular flexibility index (Phi) is 2.71. The standard InChI is InChI=1S/C12H18N2O/c1-9-4-6-14(7-5-9)12-8-10(15)2-3-11(12)13/h2-3,8-9,15H,4-7,13H2,1H3. The van der Waals surface area contributed by atoms with E-state index in [1.54, 1.807) is 18.2 Å². The summed E-state index contributed by atoms with van der Waals surface area (Å²) in [4.78, 5) is 2.26. The Morgan fingerprint density at radius 1 is 1.33 bits per heavy atom. The molecule has 1 aliphatic rings. The van der Waals surface area contributed by atoms with E-state index in [-0.39, 0.29) is 5.75 Å². The van der Waals surface area contributed by atoms with Crippen LogP contribution in [0.4, 0.5) is 11.4 Å². The second-order valence-corrected chi connectivity index (χ2v) is 4.41. The van der Waals surface area contributed by atoms with E-state index in [1.165, 1.54) is 12.8 Å². The molecule has 3 nitrogen and oxygen atoms in total. The molecule has 0 aromatic heterocycles. The summed E-state index contributed by atoms with van der Waals surface area (Å²) >= 11 is 0. The molecule has 0 unspecified atom stereocenters. The van der Waals surface area contributed by atoms with Gasteiger partial charge in [-0.2, -0.15) is 0 Å². The van der Waals surface area contributed by atoms with Gasteiger partial charge in [0.25, 0.3) is 0 Å². The summed E-state index contributed by atoms with van der Waals surface area (Å²) in [6.45, 7) is 4.35. The first-order valence-corrected chi connectivity index (χ1v) is 5.50. The second-order valence-electron chi connectivity index (χ2n) is 4.41. The first-order chi connectivity index (χ1) is 7.16. The fraction of sp³-hybridized carbons (Fsp3) is 0.500. The molecule has 3 heteroatoms. The molecule has 0 amide bonds. The molecule has 0 aliphatic carbocycles. The number of nitrogens with zero attached hydrogens (tertiary/aromatic N) is 1. The Morgan fingerprint density at radius 2 is 2.00 bits per heavy atom. The number of benzene rings is 1. The molecule has 1 aromatic rings. The topological polar surface area (TPSA) is 49.5 Å². The number of nitrogen functional groups attached to an aromatic ring is 1. The Hall–Kier alpha value is -1.38. The van der Waals surface area contributed by atoms with Gasteiger partial charge in [0, 0.05) is 19.2 Å². The highest BCUT2D eigenvalue weighted by Gasteiger charge is 2.17. The molecule has 82 valence electrons. The van der Waals surface area contributed by atoms with Gasteiger partial charge >= 0.3 is 0 Å². The lowest BCUT2D eigenvalue weighted by molar-refractivity contribution is 0.437. The van der Waals surface area contributed by atoms with Crippen molar-refractivity contribution in [3.05, 3.63) is 18.2 Å². The number of anilines is 2. The van der Waals surface area contributed by atoms with Gasteiger partial charge in [0.15, 0.2) is 0 Å². The van der Waals surface area contributed by atoms with Gasteiger partial charge in [-0.3, -0.25) is 0 Å². The highest BCUT2D eigenvalue weighted by atomic mass is 16.3. The fourth-order valence-electron chi connectivity index (χ4n) is 2.06. The number of aromatic hydroxyl groups is 1. The van der Waals surface area contributed by atoms with Crippen LogP contribution in [0.2, 0.25) is 0 Å². The molecule has 1 aliphatic heterocycles. The van der Waals surface area contributed by atoms with Crippen LogP contribution in [0.5, 0.6) is 5.75 Å². The lowest BCUT2D eigenvalue weighted by Gasteiger charge is -2.32. The quantitative estimate of drug-likeness (QED) is 0.547. The minimum atomic E-state index is 0.290. The van der Waals surface area contributed by atoms with E-state index in [0.717, 1.165) is 30.4 Å². The minimum Gasteiger partial charge on any atom is -0.508 e. The molecule has 1 heterocycles. The summed E-state index contributed by atoms with van der Waals surface area (Å²) in [5.74, 6) is 1.10. The number of hydrogen-bond donors (Lipinski definition) is 2. The van der Waals surface area contributed by atoms with Gasteiger partial charge in [-0.25, -0.2) is 0 Å². The SMILES string of the molecule is CC1CCN(c2cc(O)ccc2N)CC1. The van der Waals surface area contributed by atoms with Crippen LogP contribution in [-0.2, 0) is 0 Å². The second kappa shape index (κ2) is 4.01. The summed E-state index contributed by atoms with van der Waals surface area (Å²) < 4.78 is 0. The van der Waals surface area contributed by atoms with Crippen molar-refractivity contribution in [3.63, 3.8) is 0 Å². The Bertz CT molecular complexity index is 343. The highest BCUT2D eigenvalue weighted by Crippen LogP contribution is 2.30. The van der Waals surface area contributed by atoms with Gasteiger partial charge < -0.3 is 15.7 Å². The molecular formula is C12H18N2O. The predicted molar refractivity (Wildman–Crippen MR) is 63.1 cm³/mol. The van der Waals surface area contributed by atoms with Gasteiger partial charge in [-0.15, -0.1) is 0 Å². The average Bonchev–Trinajstić information content (AvgIpc) is 2.23. The molecule has 2 rings (SSSR count). The molecule has 1 aromatic carbocycles. The van der Waals surface area contributed by atoms with Crippen LogP contribution in [0.3, 0.4) is 0 Å². The number of nitrogens with two attached hydrogens (primary N) is 1. The predicted octanol–water partition coefficient (Wildman–Crippen LogP) is 2.21. The van der Waals surface area contributed by atoms with Crippen LogP contribution in [0.1, 0.15) is 19.8 Å². The zero-order chi connectivity index (χ0) is 10.8. The number of phenolic OH excluding ortho intramolecular Hbond substituents is 1. The highest BCUT2D eigenvalue weighted by molar-refractivity contribution is 5.69. The third-order valence-corrected chi connectivity index (χ3v) is 3.14. The summed E-state index contributed by atoms with van der Waals surface area (Å²) in [6.07, 6.45) is 2.41. The van der Waals surface area contributed by atoms with Crippen LogP contribution in [0.25, 0.3) is 0 Å². The third-order valence-electron chi connectivity index (χ3n) is 3.14. The van der Waals surface area contributed by atoms with Gasteiger partial charge in [0.2, 0.25) is 0 Å². The van der Waals surface area contributed by atoms with E-state index < -0.39 is 0 Å². The molecule has 1 fully saturated rings. The van der Waals surface area contributed by atoms with Crippen LogP contribution < -0.4 is 10.6 Å². The molecule has 0 bridgehead atoms. The Balaban J connectivity index is 2.18. The Labute approximate surface area is 90.5 Å². The van der Waals surface area contributed by atoms with Gasteiger partial charge in [0.1, 0.15) is 5.75 Å². The van der Waals surface area contributed by atoms with Crippen molar-refractivity contribution < 1.29 is 5.11 Å². The smallest absolute Gasteiger partial charge is 0.117 e. The normalized spacial score (nSPS) is 18.1. The van der Waals surface area contributed by atoms with Crippen LogP contribution in [0, 0.1) is 5.92 Å². The van der Waals surface area contributed by atoms with Gasteiger partial charge in [-0.1, -0.05) is 6.92 Å². The first kappa shape index (κ1) is 10.1. The average molecular weight is 206 g/mol. The lowest BCUT2D eigenvalue weighted by Crippen LogP contribution is -2.33.